The van der Waals surface area contributed by atoms with Crippen molar-refractivity contribution in [3.05, 3.63) is 15.4 Å². The molecule has 7 nitrogen and oxygen atoms in total. The highest BCUT2D eigenvalue weighted by atomic mass is 32.2. The molecule has 1 aromatic rings. The molecule has 0 amide bonds. The first-order chi connectivity index (χ1) is 7.82. The summed E-state index contributed by atoms with van der Waals surface area (Å²) in [6.07, 6.45) is 0. The Bertz CT molecular complexity index is 608. The summed E-state index contributed by atoms with van der Waals surface area (Å²) >= 11 is 0.620. The van der Waals surface area contributed by atoms with Crippen LogP contribution in [-0.2, 0) is 14.8 Å². The molecule has 0 saturated carbocycles. The molecule has 0 aliphatic carbocycles. The minimum Gasteiger partial charge on any atom is -0.481 e. The molecule has 2 rings (SSSR count). The van der Waals surface area contributed by atoms with Gasteiger partial charge in [0.05, 0.1) is 5.92 Å². The number of hydrogen-bond acceptors (Lipinski definition) is 5. The molecule has 1 aromatic heterocycles. The van der Waals surface area contributed by atoms with Gasteiger partial charge in [-0.3, -0.25) is 9.59 Å². The van der Waals surface area contributed by atoms with Crippen LogP contribution in [0, 0.1) is 12.8 Å². The molecule has 1 fully saturated rings. The molecular weight excluding hydrogens is 268 g/mol. The summed E-state index contributed by atoms with van der Waals surface area (Å²) in [5.74, 6) is -1.66. The molecule has 0 spiro atoms. The van der Waals surface area contributed by atoms with Crippen molar-refractivity contribution >= 4 is 27.3 Å². The van der Waals surface area contributed by atoms with Gasteiger partial charge in [-0.15, -0.1) is 0 Å². The fourth-order valence-corrected chi connectivity index (χ4v) is 4.51. The predicted octanol–water partition coefficient (Wildman–Crippen LogP) is -0.550. The molecule has 17 heavy (non-hydrogen) atoms. The van der Waals surface area contributed by atoms with Crippen LogP contribution in [-0.4, -0.2) is 41.9 Å². The van der Waals surface area contributed by atoms with E-state index in [0.29, 0.717) is 17.0 Å². The number of sulfonamides is 1. The molecule has 2 heterocycles. The summed E-state index contributed by atoms with van der Waals surface area (Å²) in [4.78, 5) is 23.6. The average molecular weight is 278 g/mol. The predicted molar refractivity (Wildman–Crippen MR) is 59.6 cm³/mol. The fourth-order valence-electron chi connectivity index (χ4n) is 1.54. The van der Waals surface area contributed by atoms with Gasteiger partial charge in [0, 0.05) is 18.8 Å². The Morgan fingerprint density at radius 3 is 2.53 bits per heavy atom. The highest BCUT2D eigenvalue weighted by Crippen LogP contribution is 2.27. The Hall–Kier alpha value is -1.19. The Labute approximate surface area is 101 Å². The van der Waals surface area contributed by atoms with Crippen molar-refractivity contribution in [2.24, 2.45) is 5.92 Å². The van der Waals surface area contributed by atoms with Crippen LogP contribution >= 0.6 is 11.3 Å². The Morgan fingerprint density at radius 1 is 1.53 bits per heavy atom. The number of nitrogens with zero attached hydrogens (tertiary/aromatic N) is 1. The fraction of sp³-hybridized carbons (Fsp3) is 0.500. The number of nitrogens with one attached hydrogen (secondary N) is 1. The lowest BCUT2D eigenvalue weighted by molar-refractivity contribution is -0.145. The number of thiazole rings is 1. The summed E-state index contributed by atoms with van der Waals surface area (Å²) < 4.78 is 25.0. The number of rotatable bonds is 3. The molecular formula is C8H10N2O5S2. The van der Waals surface area contributed by atoms with Crippen LogP contribution in [0.2, 0.25) is 0 Å². The van der Waals surface area contributed by atoms with Gasteiger partial charge in [0.15, 0.2) is 4.21 Å². The van der Waals surface area contributed by atoms with E-state index in [1.807, 2.05) is 0 Å². The normalized spacial score (nSPS) is 17.9. The minimum absolute atomic E-state index is 0.0358. The summed E-state index contributed by atoms with van der Waals surface area (Å²) in [5, 5.41) is 8.67. The molecule has 0 radical (unpaired) electrons. The van der Waals surface area contributed by atoms with Crippen molar-refractivity contribution in [1.82, 2.24) is 9.29 Å². The van der Waals surface area contributed by atoms with Crippen molar-refractivity contribution in [2.45, 2.75) is 11.1 Å². The highest BCUT2D eigenvalue weighted by Gasteiger charge is 2.41. The second-order valence-corrected chi connectivity index (χ2v) is 6.90. The average Bonchev–Trinajstić information content (AvgIpc) is 2.41. The van der Waals surface area contributed by atoms with E-state index in [9.17, 15) is 18.0 Å². The van der Waals surface area contributed by atoms with E-state index in [-0.39, 0.29) is 17.3 Å². The van der Waals surface area contributed by atoms with E-state index >= 15 is 0 Å². The van der Waals surface area contributed by atoms with Crippen LogP contribution in [0.1, 0.15) is 5.69 Å². The largest absolute Gasteiger partial charge is 0.481 e. The lowest BCUT2D eigenvalue weighted by Gasteiger charge is -2.34. The third-order valence-corrected chi connectivity index (χ3v) is 5.97. The third-order valence-electron chi connectivity index (χ3n) is 2.55. The van der Waals surface area contributed by atoms with Crippen molar-refractivity contribution in [1.29, 1.82) is 0 Å². The Kier molecular flexibility index (Phi) is 2.84. The van der Waals surface area contributed by atoms with Crippen LogP contribution in [0.4, 0.5) is 0 Å². The summed E-state index contributed by atoms with van der Waals surface area (Å²) in [5.41, 5.74) is 0.291. The standard InChI is InChI=1S/C8H10N2O5S2/c1-4-7(16-8(13)9-4)17(14,15)10-2-5(3-10)6(11)12/h5H,2-3H2,1H3,(H,9,13)(H,11,12). The van der Waals surface area contributed by atoms with Gasteiger partial charge in [0.2, 0.25) is 0 Å². The summed E-state index contributed by atoms with van der Waals surface area (Å²) in [6.45, 7) is 1.42. The molecule has 0 unspecified atom stereocenters. The van der Waals surface area contributed by atoms with Gasteiger partial charge in [-0.2, -0.15) is 4.31 Å². The lowest BCUT2D eigenvalue weighted by Crippen LogP contribution is -2.52. The van der Waals surface area contributed by atoms with Crippen molar-refractivity contribution in [3.8, 4) is 0 Å². The topological polar surface area (TPSA) is 108 Å². The monoisotopic (exact) mass is 278 g/mol. The first kappa shape index (κ1) is 12.3. The van der Waals surface area contributed by atoms with E-state index in [4.69, 9.17) is 5.11 Å². The maximum atomic E-state index is 12.0. The van der Waals surface area contributed by atoms with E-state index in [2.05, 4.69) is 4.98 Å². The summed E-state index contributed by atoms with van der Waals surface area (Å²) in [7, 11) is -3.72. The molecule has 9 heteroatoms. The number of carboxylic acids is 1. The van der Waals surface area contributed by atoms with Crippen LogP contribution in [0.3, 0.4) is 0 Å². The molecule has 1 saturated heterocycles. The number of hydrogen-bond donors (Lipinski definition) is 2. The maximum Gasteiger partial charge on any atom is 0.309 e. The lowest BCUT2D eigenvalue weighted by atomic mass is 10.0. The van der Waals surface area contributed by atoms with Gasteiger partial charge in [-0.05, 0) is 6.92 Å². The van der Waals surface area contributed by atoms with Crippen molar-refractivity contribution in [3.63, 3.8) is 0 Å². The summed E-state index contributed by atoms with van der Waals surface area (Å²) in [6, 6.07) is 0. The van der Waals surface area contributed by atoms with Gasteiger partial charge in [-0.25, -0.2) is 8.42 Å². The van der Waals surface area contributed by atoms with Crippen LogP contribution in [0.5, 0.6) is 0 Å². The third kappa shape index (κ3) is 2.01. The number of aryl methyl sites for hydroxylation is 1. The van der Waals surface area contributed by atoms with E-state index in [1.54, 1.807) is 0 Å². The first-order valence-corrected chi connectivity index (χ1v) is 7.00. The van der Waals surface area contributed by atoms with Gasteiger partial charge in [-0.1, -0.05) is 11.3 Å². The molecule has 0 bridgehead atoms. The van der Waals surface area contributed by atoms with Gasteiger partial charge in [0.25, 0.3) is 10.0 Å². The van der Waals surface area contributed by atoms with Crippen molar-refractivity contribution < 1.29 is 18.3 Å². The molecule has 1 aliphatic rings. The number of aromatic nitrogens is 1. The highest BCUT2D eigenvalue weighted by molar-refractivity contribution is 7.91. The molecule has 1 aliphatic heterocycles. The number of carboxylic acid groups (broad SMARTS) is 1. The zero-order valence-corrected chi connectivity index (χ0v) is 10.5. The minimum atomic E-state index is -3.72. The number of carbonyl (C=O) groups is 1. The van der Waals surface area contributed by atoms with Crippen LogP contribution in [0.25, 0.3) is 0 Å². The number of aromatic amines is 1. The smallest absolute Gasteiger partial charge is 0.309 e. The number of H-pyrrole nitrogens is 1. The quantitative estimate of drug-likeness (QED) is 0.771. The first-order valence-electron chi connectivity index (χ1n) is 4.75. The van der Waals surface area contributed by atoms with Crippen molar-refractivity contribution in [2.75, 3.05) is 13.1 Å². The SMILES string of the molecule is Cc1[nH]c(=O)sc1S(=O)(=O)N1CC(C(=O)O)C1. The Balaban J connectivity index is 2.25. The second-order valence-electron chi connectivity index (χ2n) is 3.78. The zero-order chi connectivity index (χ0) is 12.8. The van der Waals surface area contributed by atoms with Gasteiger partial charge < -0.3 is 10.1 Å². The van der Waals surface area contributed by atoms with Gasteiger partial charge in [0.1, 0.15) is 0 Å². The maximum absolute atomic E-state index is 12.0. The molecule has 0 aromatic carbocycles. The van der Waals surface area contributed by atoms with E-state index < -0.39 is 26.8 Å². The van der Waals surface area contributed by atoms with E-state index in [1.165, 1.54) is 6.92 Å². The zero-order valence-electron chi connectivity index (χ0n) is 8.84. The van der Waals surface area contributed by atoms with Crippen LogP contribution in [0.15, 0.2) is 9.00 Å². The second kappa shape index (κ2) is 3.93. The molecule has 94 valence electrons. The number of aliphatic carboxylic acids is 1. The van der Waals surface area contributed by atoms with E-state index in [0.717, 1.165) is 4.31 Å². The Morgan fingerprint density at radius 2 is 2.12 bits per heavy atom. The molecule has 2 N–H and O–H groups in total. The van der Waals surface area contributed by atoms with Crippen LogP contribution < -0.4 is 4.87 Å². The van der Waals surface area contributed by atoms with Gasteiger partial charge >= 0.3 is 10.8 Å². The molecule has 0 atom stereocenters.